The van der Waals surface area contributed by atoms with Gasteiger partial charge in [-0.25, -0.2) is 0 Å². The van der Waals surface area contributed by atoms with Crippen molar-refractivity contribution in [3.05, 3.63) is 35.9 Å². The lowest BCUT2D eigenvalue weighted by Gasteiger charge is -2.25. The Hall–Kier alpha value is -1.39. The van der Waals surface area contributed by atoms with Crippen molar-refractivity contribution in [2.75, 3.05) is 0 Å². The fourth-order valence-corrected chi connectivity index (χ4v) is 1.64. The standard InChI is InChI=1S/C14H22N2O2/c1-14(2,3)16-13(18)12(17)11(15)9-10-7-5-4-6-8-10/h4-8,11-12,17H,9,15H2,1-3H3,(H,16,18)/t11-,12?/m0/s1. The Balaban J connectivity index is 2.56. The average molecular weight is 250 g/mol. The highest BCUT2D eigenvalue weighted by Crippen LogP contribution is 2.06. The maximum Gasteiger partial charge on any atom is 0.250 e. The third kappa shape index (κ3) is 4.85. The molecule has 0 aliphatic heterocycles. The number of nitrogens with one attached hydrogen (secondary N) is 1. The predicted molar refractivity (Wildman–Crippen MR) is 72.0 cm³/mol. The van der Waals surface area contributed by atoms with Crippen LogP contribution in [0.3, 0.4) is 0 Å². The van der Waals surface area contributed by atoms with Gasteiger partial charge in [-0.05, 0) is 32.8 Å². The number of amides is 1. The van der Waals surface area contributed by atoms with Crippen LogP contribution in [0.1, 0.15) is 26.3 Å². The maximum atomic E-state index is 11.7. The van der Waals surface area contributed by atoms with Crippen LogP contribution >= 0.6 is 0 Å². The number of rotatable bonds is 4. The lowest BCUT2D eigenvalue weighted by atomic mass is 10.0. The van der Waals surface area contributed by atoms with Gasteiger partial charge < -0.3 is 16.2 Å². The monoisotopic (exact) mass is 250 g/mol. The zero-order chi connectivity index (χ0) is 13.8. The molecule has 0 aliphatic carbocycles. The van der Waals surface area contributed by atoms with E-state index in [1.54, 1.807) is 0 Å². The van der Waals surface area contributed by atoms with Crippen LogP contribution in [0.2, 0.25) is 0 Å². The third-order valence-corrected chi connectivity index (χ3v) is 2.49. The van der Waals surface area contributed by atoms with Gasteiger partial charge in [-0.15, -0.1) is 0 Å². The zero-order valence-electron chi connectivity index (χ0n) is 11.2. The molecule has 1 aromatic rings. The van der Waals surface area contributed by atoms with E-state index < -0.39 is 18.1 Å². The first-order valence-electron chi connectivity index (χ1n) is 6.09. The van der Waals surface area contributed by atoms with Gasteiger partial charge in [-0.3, -0.25) is 4.79 Å². The second kappa shape index (κ2) is 5.98. The lowest BCUT2D eigenvalue weighted by molar-refractivity contribution is -0.131. The van der Waals surface area contributed by atoms with E-state index in [0.29, 0.717) is 6.42 Å². The van der Waals surface area contributed by atoms with Crippen molar-refractivity contribution in [3.63, 3.8) is 0 Å². The van der Waals surface area contributed by atoms with Gasteiger partial charge in [-0.2, -0.15) is 0 Å². The number of aliphatic hydroxyl groups excluding tert-OH is 1. The van der Waals surface area contributed by atoms with Crippen LogP contribution in [-0.4, -0.2) is 28.7 Å². The molecule has 0 spiro atoms. The summed E-state index contributed by atoms with van der Waals surface area (Å²) in [5.74, 6) is -0.425. The molecule has 0 aromatic heterocycles. The van der Waals surface area contributed by atoms with Crippen molar-refractivity contribution in [1.82, 2.24) is 5.32 Å². The zero-order valence-corrected chi connectivity index (χ0v) is 11.2. The third-order valence-electron chi connectivity index (χ3n) is 2.49. The van der Waals surface area contributed by atoms with Crippen molar-refractivity contribution in [3.8, 4) is 0 Å². The van der Waals surface area contributed by atoms with Crippen LogP contribution in [-0.2, 0) is 11.2 Å². The quantitative estimate of drug-likeness (QED) is 0.741. The SMILES string of the molecule is CC(C)(C)NC(=O)C(O)[C@@H](N)Cc1ccccc1. The fraction of sp³-hybridized carbons (Fsp3) is 0.500. The summed E-state index contributed by atoms with van der Waals surface area (Å²) in [7, 11) is 0. The summed E-state index contributed by atoms with van der Waals surface area (Å²) in [5.41, 5.74) is 6.49. The van der Waals surface area contributed by atoms with Crippen LogP contribution < -0.4 is 11.1 Å². The molecule has 4 nitrogen and oxygen atoms in total. The summed E-state index contributed by atoms with van der Waals surface area (Å²) in [6.45, 7) is 5.58. The molecular formula is C14H22N2O2. The van der Waals surface area contributed by atoms with E-state index in [2.05, 4.69) is 5.32 Å². The van der Waals surface area contributed by atoms with E-state index in [4.69, 9.17) is 5.73 Å². The van der Waals surface area contributed by atoms with Crippen molar-refractivity contribution in [2.45, 2.75) is 44.9 Å². The van der Waals surface area contributed by atoms with Crippen LogP contribution in [0, 0.1) is 0 Å². The molecule has 0 saturated carbocycles. The summed E-state index contributed by atoms with van der Waals surface area (Å²) < 4.78 is 0. The summed E-state index contributed by atoms with van der Waals surface area (Å²) in [5, 5.41) is 12.6. The Kier molecular flexibility index (Phi) is 4.87. The molecule has 2 atom stereocenters. The smallest absolute Gasteiger partial charge is 0.250 e. The Morgan fingerprint density at radius 2 is 1.89 bits per heavy atom. The van der Waals surface area contributed by atoms with E-state index in [1.807, 2.05) is 51.1 Å². The highest BCUT2D eigenvalue weighted by molar-refractivity contribution is 5.81. The van der Waals surface area contributed by atoms with Crippen LogP contribution in [0.5, 0.6) is 0 Å². The first-order chi connectivity index (χ1) is 8.29. The topological polar surface area (TPSA) is 75.3 Å². The molecule has 0 saturated heterocycles. The van der Waals surface area contributed by atoms with Gasteiger partial charge in [0, 0.05) is 11.6 Å². The summed E-state index contributed by atoms with van der Waals surface area (Å²) in [6, 6.07) is 8.97. The number of benzene rings is 1. The molecule has 0 radical (unpaired) electrons. The number of nitrogens with two attached hydrogens (primary N) is 1. The molecule has 4 heteroatoms. The number of carbonyl (C=O) groups excluding carboxylic acids is 1. The molecule has 1 aromatic carbocycles. The molecule has 1 amide bonds. The minimum absolute atomic E-state index is 0.371. The number of hydrogen-bond acceptors (Lipinski definition) is 3. The second-order valence-electron chi connectivity index (χ2n) is 5.54. The number of hydrogen-bond donors (Lipinski definition) is 3. The van der Waals surface area contributed by atoms with Gasteiger partial charge in [0.15, 0.2) is 0 Å². The molecule has 100 valence electrons. The molecule has 0 heterocycles. The lowest BCUT2D eigenvalue weighted by Crippen LogP contribution is -2.52. The van der Waals surface area contributed by atoms with Gasteiger partial charge >= 0.3 is 0 Å². The van der Waals surface area contributed by atoms with Gasteiger partial charge in [0.05, 0.1) is 0 Å². The molecule has 0 bridgehead atoms. The molecule has 0 aliphatic rings. The minimum Gasteiger partial charge on any atom is -0.382 e. The predicted octanol–water partition coefficient (Wildman–Crippen LogP) is 0.832. The van der Waals surface area contributed by atoms with E-state index in [1.165, 1.54) is 0 Å². The molecule has 18 heavy (non-hydrogen) atoms. The van der Waals surface area contributed by atoms with Crippen molar-refractivity contribution >= 4 is 5.91 Å². The van der Waals surface area contributed by atoms with E-state index >= 15 is 0 Å². The summed E-state index contributed by atoms with van der Waals surface area (Å²) >= 11 is 0. The first kappa shape index (κ1) is 14.7. The van der Waals surface area contributed by atoms with Gasteiger partial charge in [0.25, 0.3) is 5.91 Å². The van der Waals surface area contributed by atoms with Crippen molar-refractivity contribution in [2.24, 2.45) is 5.73 Å². The highest BCUT2D eigenvalue weighted by atomic mass is 16.3. The average Bonchev–Trinajstić information content (AvgIpc) is 2.27. The van der Waals surface area contributed by atoms with Crippen LogP contribution in [0.15, 0.2) is 30.3 Å². The maximum absolute atomic E-state index is 11.7. The second-order valence-corrected chi connectivity index (χ2v) is 5.54. The molecule has 1 unspecified atom stereocenters. The van der Waals surface area contributed by atoms with E-state index in [-0.39, 0.29) is 5.54 Å². The van der Waals surface area contributed by atoms with Crippen LogP contribution in [0.25, 0.3) is 0 Å². The summed E-state index contributed by atoms with van der Waals surface area (Å²) in [6.07, 6.45) is -0.719. The Morgan fingerprint density at radius 1 is 1.33 bits per heavy atom. The number of aliphatic hydroxyl groups is 1. The van der Waals surface area contributed by atoms with Crippen molar-refractivity contribution < 1.29 is 9.90 Å². The van der Waals surface area contributed by atoms with Gasteiger partial charge in [0.1, 0.15) is 6.10 Å². The first-order valence-corrected chi connectivity index (χ1v) is 6.09. The normalized spacial score (nSPS) is 14.9. The highest BCUT2D eigenvalue weighted by Gasteiger charge is 2.26. The minimum atomic E-state index is -1.19. The molecular weight excluding hydrogens is 228 g/mol. The Labute approximate surface area is 108 Å². The Morgan fingerprint density at radius 3 is 2.39 bits per heavy atom. The molecule has 0 fully saturated rings. The molecule has 1 rings (SSSR count). The number of carbonyl (C=O) groups is 1. The van der Waals surface area contributed by atoms with E-state index in [0.717, 1.165) is 5.56 Å². The fourth-order valence-electron chi connectivity index (χ4n) is 1.64. The van der Waals surface area contributed by atoms with E-state index in [9.17, 15) is 9.90 Å². The largest absolute Gasteiger partial charge is 0.382 e. The summed E-state index contributed by atoms with van der Waals surface area (Å²) in [4.78, 5) is 11.7. The molecule has 4 N–H and O–H groups in total. The van der Waals surface area contributed by atoms with Crippen LogP contribution in [0.4, 0.5) is 0 Å². The Bertz CT molecular complexity index is 385. The van der Waals surface area contributed by atoms with Gasteiger partial charge in [-0.1, -0.05) is 30.3 Å². The van der Waals surface area contributed by atoms with Gasteiger partial charge in [0.2, 0.25) is 0 Å². The van der Waals surface area contributed by atoms with Crippen molar-refractivity contribution in [1.29, 1.82) is 0 Å².